The first-order valence-electron chi connectivity index (χ1n) is 4.86. The lowest BCUT2D eigenvalue weighted by molar-refractivity contribution is -0.385. The molecule has 0 aliphatic heterocycles. The number of carboxylic acids is 1. The highest BCUT2D eigenvalue weighted by Gasteiger charge is 2.26. The first-order valence-corrected chi connectivity index (χ1v) is 4.86. The summed E-state index contributed by atoms with van der Waals surface area (Å²) in [7, 11) is 0. The molecule has 94 valence electrons. The van der Waals surface area contributed by atoms with Crippen molar-refractivity contribution in [3.05, 3.63) is 46.0 Å². The highest BCUT2D eigenvalue weighted by molar-refractivity contribution is 5.90. The standard InChI is InChI=1S/C10H5N5O4/c11-3-6-1-2-12-4-7(6)14-5-8(15(18)19)9(13-14)10(16)17/h1-2,4-5H,(H,16,17). The normalized spacial score (nSPS) is 9.84. The molecule has 0 aromatic carbocycles. The third kappa shape index (κ3) is 2.09. The molecule has 0 radical (unpaired) electrons. The van der Waals surface area contributed by atoms with Crippen LogP contribution in [0.2, 0.25) is 0 Å². The van der Waals surface area contributed by atoms with E-state index in [0.717, 1.165) is 10.9 Å². The fraction of sp³-hybridized carbons (Fsp3) is 0. The molecule has 2 aromatic heterocycles. The molecular formula is C10H5N5O4. The van der Waals surface area contributed by atoms with Crippen molar-refractivity contribution in [3.8, 4) is 11.8 Å². The van der Waals surface area contributed by atoms with Crippen LogP contribution in [-0.2, 0) is 0 Å². The van der Waals surface area contributed by atoms with Crippen molar-refractivity contribution in [2.45, 2.75) is 0 Å². The van der Waals surface area contributed by atoms with Crippen LogP contribution in [0.25, 0.3) is 5.69 Å². The Hall–Kier alpha value is -3.28. The predicted molar refractivity (Wildman–Crippen MR) is 59.7 cm³/mol. The van der Waals surface area contributed by atoms with Crippen LogP contribution in [0.4, 0.5) is 5.69 Å². The number of hydrogen-bond acceptors (Lipinski definition) is 6. The van der Waals surface area contributed by atoms with E-state index >= 15 is 0 Å². The third-order valence-corrected chi connectivity index (χ3v) is 2.26. The van der Waals surface area contributed by atoms with E-state index in [1.165, 1.54) is 18.5 Å². The van der Waals surface area contributed by atoms with Gasteiger partial charge >= 0.3 is 11.7 Å². The molecule has 0 saturated carbocycles. The number of pyridine rings is 1. The van der Waals surface area contributed by atoms with E-state index in [1.807, 2.05) is 6.07 Å². The van der Waals surface area contributed by atoms with Gasteiger partial charge in [0.25, 0.3) is 0 Å². The number of nitro groups is 1. The van der Waals surface area contributed by atoms with Gasteiger partial charge in [0.15, 0.2) is 0 Å². The number of hydrogen-bond donors (Lipinski definition) is 1. The van der Waals surface area contributed by atoms with Gasteiger partial charge in [0, 0.05) is 6.20 Å². The quantitative estimate of drug-likeness (QED) is 0.634. The summed E-state index contributed by atoms with van der Waals surface area (Å²) in [5.41, 5.74) is -1.01. The van der Waals surface area contributed by atoms with Crippen LogP contribution in [0.15, 0.2) is 24.7 Å². The molecule has 0 saturated heterocycles. The average molecular weight is 259 g/mol. The van der Waals surface area contributed by atoms with Crippen molar-refractivity contribution in [1.82, 2.24) is 14.8 Å². The van der Waals surface area contributed by atoms with Crippen molar-refractivity contribution in [2.24, 2.45) is 0 Å². The van der Waals surface area contributed by atoms with E-state index in [2.05, 4.69) is 10.1 Å². The Balaban J connectivity index is 2.65. The summed E-state index contributed by atoms with van der Waals surface area (Å²) < 4.78 is 0.952. The van der Waals surface area contributed by atoms with Crippen LogP contribution in [0.1, 0.15) is 16.1 Å². The van der Waals surface area contributed by atoms with E-state index in [9.17, 15) is 14.9 Å². The van der Waals surface area contributed by atoms with Crippen LogP contribution >= 0.6 is 0 Å². The molecule has 9 nitrogen and oxygen atoms in total. The molecule has 2 rings (SSSR count). The molecule has 0 bridgehead atoms. The van der Waals surface area contributed by atoms with Crippen LogP contribution in [0.3, 0.4) is 0 Å². The lowest BCUT2D eigenvalue weighted by Gasteiger charge is -2.00. The first-order chi connectivity index (χ1) is 9.04. The van der Waals surface area contributed by atoms with Gasteiger partial charge in [-0.25, -0.2) is 9.48 Å². The van der Waals surface area contributed by atoms with E-state index in [1.54, 1.807) is 0 Å². The van der Waals surface area contributed by atoms with Crippen LogP contribution in [0, 0.1) is 21.4 Å². The van der Waals surface area contributed by atoms with Gasteiger partial charge in [0.05, 0.1) is 16.7 Å². The Labute approximate surface area is 105 Å². The molecule has 2 aromatic rings. The van der Waals surface area contributed by atoms with Gasteiger partial charge in [0.1, 0.15) is 18.0 Å². The maximum absolute atomic E-state index is 10.9. The van der Waals surface area contributed by atoms with Gasteiger partial charge in [0.2, 0.25) is 5.69 Å². The number of nitrogens with zero attached hydrogens (tertiary/aromatic N) is 5. The smallest absolute Gasteiger partial charge is 0.363 e. The summed E-state index contributed by atoms with van der Waals surface area (Å²) in [5.74, 6) is -1.52. The third-order valence-electron chi connectivity index (χ3n) is 2.26. The lowest BCUT2D eigenvalue weighted by atomic mass is 10.2. The van der Waals surface area contributed by atoms with Crippen LogP contribution in [0.5, 0.6) is 0 Å². The first kappa shape index (κ1) is 12.2. The summed E-state index contributed by atoms with van der Waals surface area (Å²) in [6.07, 6.45) is 3.57. The highest BCUT2D eigenvalue weighted by Crippen LogP contribution is 2.20. The van der Waals surface area contributed by atoms with E-state index < -0.39 is 22.3 Å². The highest BCUT2D eigenvalue weighted by atomic mass is 16.6. The number of aromatic carboxylic acids is 1. The van der Waals surface area contributed by atoms with Gasteiger partial charge < -0.3 is 5.11 Å². The minimum absolute atomic E-state index is 0.167. The number of rotatable bonds is 3. The van der Waals surface area contributed by atoms with Gasteiger partial charge in [-0.3, -0.25) is 15.1 Å². The minimum atomic E-state index is -1.52. The number of carboxylic acid groups (broad SMARTS) is 1. The Bertz CT molecular complexity index is 683. The molecule has 0 spiro atoms. The molecule has 1 N–H and O–H groups in total. The maximum atomic E-state index is 10.9. The van der Waals surface area contributed by atoms with Gasteiger partial charge in [-0.2, -0.15) is 10.4 Å². The zero-order valence-corrected chi connectivity index (χ0v) is 9.22. The van der Waals surface area contributed by atoms with Gasteiger partial charge in [-0.15, -0.1) is 0 Å². The number of aromatic nitrogens is 3. The molecule has 9 heteroatoms. The van der Waals surface area contributed by atoms with Crippen LogP contribution < -0.4 is 0 Å². The zero-order chi connectivity index (χ0) is 14.0. The molecule has 0 atom stereocenters. The molecule has 0 amide bonds. The zero-order valence-electron chi connectivity index (χ0n) is 9.22. The Kier molecular flexibility index (Phi) is 2.91. The van der Waals surface area contributed by atoms with E-state index in [4.69, 9.17) is 10.4 Å². The maximum Gasteiger partial charge on any atom is 0.363 e. The SMILES string of the molecule is N#Cc1ccncc1-n1cc([N+](=O)[O-])c(C(=O)O)n1. The molecule has 0 fully saturated rings. The predicted octanol–water partition coefficient (Wildman–Crippen LogP) is 0.745. The molecule has 19 heavy (non-hydrogen) atoms. The summed E-state index contributed by atoms with van der Waals surface area (Å²) in [6, 6.07) is 3.26. The van der Waals surface area contributed by atoms with Crippen molar-refractivity contribution in [1.29, 1.82) is 5.26 Å². The average Bonchev–Trinajstić information content (AvgIpc) is 2.84. The molecule has 0 aliphatic rings. The van der Waals surface area contributed by atoms with Gasteiger partial charge in [-0.1, -0.05) is 0 Å². The van der Waals surface area contributed by atoms with Gasteiger partial charge in [-0.05, 0) is 6.07 Å². The minimum Gasteiger partial charge on any atom is -0.476 e. The summed E-state index contributed by atoms with van der Waals surface area (Å²) in [5, 5.41) is 32.1. The van der Waals surface area contributed by atoms with E-state index in [0.29, 0.717) is 0 Å². The largest absolute Gasteiger partial charge is 0.476 e. The Morgan fingerprint density at radius 2 is 2.32 bits per heavy atom. The van der Waals surface area contributed by atoms with Crippen molar-refractivity contribution >= 4 is 11.7 Å². The second-order valence-corrected chi connectivity index (χ2v) is 3.37. The molecule has 2 heterocycles. The lowest BCUT2D eigenvalue weighted by Crippen LogP contribution is -2.03. The summed E-state index contributed by atoms with van der Waals surface area (Å²) in [4.78, 5) is 24.5. The molecule has 0 unspecified atom stereocenters. The fourth-order valence-electron chi connectivity index (χ4n) is 1.44. The second-order valence-electron chi connectivity index (χ2n) is 3.37. The van der Waals surface area contributed by atoms with Crippen molar-refractivity contribution < 1.29 is 14.8 Å². The van der Waals surface area contributed by atoms with Crippen molar-refractivity contribution in [3.63, 3.8) is 0 Å². The Morgan fingerprint density at radius 3 is 2.84 bits per heavy atom. The topological polar surface area (TPSA) is 135 Å². The van der Waals surface area contributed by atoms with Crippen LogP contribution in [-0.4, -0.2) is 30.8 Å². The fourth-order valence-corrected chi connectivity index (χ4v) is 1.44. The second kappa shape index (κ2) is 4.53. The van der Waals surface area contributed by atoms with E-state index in [-0.39, 0.29) is 11.3 Å². The summed E-state index contributed by atoms with van der Waals surface area (Å²) >= 11 is 0. The monoisotopic (exact) mass is 259 g/mol. The number of carbonyl (C=O) groups is 1. The Morgan fingerprint density at radius 1 is 1.58 bits per heavy atom. The summed E-state index contributed by atoms with van der Waals surface area (Å²) in [6.45, 7) is 0. The van der Waals surface area contributed by atoms with Crippen molar-refractivity contribution in [2.75, 3.05) is 0 Å². The molecular weight excluding hydrogens is 254 g/mol. The number of nitriles is 1. The molecule has 0 aliphatic carbocycles.